The molecule has 31 heavy (non-hydrogen) atoms. The van der Waals surface area contributed by atoms with Crippen LogP contribution in [0.4, 0.5) is 10.1 Å². The number of hydrogen-bond acceptors (Lipinski definition) is 4. The minimum atomic E-state index is -0.377. The van der Waals surface area contributed by atoms with E-state index in [1.807, 2.05) is 30.3 Å². The molecule has 1 fully saturated rings. The minimum Gasteiger partial charge on any atom is -0.437 e. The second kappa shape index (κ2) is 9.38. The van der Waals surface area contributed by atoms with Gasteiger partial charge >= 0.3 is 0 Å². The van der Waals surface area contributed by atoms with Gasteiger partial charge < -0.3 is 15.0 Å². The maximum atomic E-state index is 13.1. The van der Waals surface area contributed by atoms with E-state index in [4.69, 9.17) is 4.74 Å². The Hall–Kier alpha value is -3.74. The van der Waals surface area contributed by atoms with E-state index in [1.54, 1.807) is 23.2 Å². The third-order valence-corrected chi connectivity index (χ3v) is 5.23. The normalized spacial score (nSPS) is 14.2. The zero-order valence-corrected chi connectivity index (χ0v) is 16.8. The van der Waals surface area contributed by atoms with Crippen molar-refractivity contribution in [1.29, 1.82) is 0 Å². The second-order valence-corrected chi connectivity index (χ2v) is 7.33. The van der Waals surface area contributed by atoms with Crippen molar-refractivity contribution in [3.63, 3.8) is 0 Å². The number of aromatic nitrogens is 1. The summed E-state index contributed by atoms with van der Waals surface area (Å²) < 4.78 is 18.9. The molecule has 0 atom stereocenters. The van der Waals surface area contributed by atoms with Crippen LogP contribution in [-0.2, 0) is 4.79 Å². The number of benzene rings is 2. The number of amides is 2. The molecule has 7 heteroatoms. The van der Waals surface area contributed by atoms with Crippen LogP contribution in [0.1, 0.15) is 23.2 Å². The predicted octanol–water partition coefficient (Wildman–Crippen LogP) is 4.50. The zero-order chi connectivity index (χ0) is 21.6. The van der Waals surface area contributed by atoms with Crippen molar-refractivity contribution in [2.75, 3.05) is 18.4 Å². The van der Waals surface area contributed by atoms with Crippen LogP contribution in [0.5, 0.6) is 11.6 Å². The molecule has 2 amide bonds. The first kappa shape index (κ1) is 20.5. The summed E-state index contributed by atoms with van der Waals surface area (Å²) in [6, 6.07) is 18.2. The molecule has 6 nitrogen and oxygen atoms in total. The Morgan fingerprint density at radius 1 is 0.968 bits per heavy atom. The number of carbonyl (C=O) groups excluding carboxylic acids is 2. The number of piperidine rings is 1. The highest BCUT2D eigenvalue weighted by Gasteiger charge is 2.28. The molecule has 4 rings (SSSR count). The molecule has 1 N–H and O–H groups in total. The van der Waals surface area contributed by atoms with Crippen molar-refractivity contribution in [2.45, 2.75) is 12.8 Å². The lowest BCUT2D eigenvalue weighted by Crippen LogP contribution is -2.41. The first-order valence-electron chi connectivity index (χ1n) is 10.1. The van der Waals surface area contributed by atoms with Crippen LogP contribution in [-0.4, -0.2) is 34.8 Å². The van der Waals surface area contributed by atoms with Crippen molar-refractivity contribution in [3.8, 4) is 11.6 Å². The number of nitrogens with one attached hydrogen (secondary N) is 1. The number of hydrogen-bond donors (Lipinski definition) is 1. The highest BCUT2D eigenvalue weighted by molar-refractivity contribution is 5.95. The standard InChI is InChI=1S/C24H22FN3O3/c25-19-10-8-18(9-11-19)24(30)28-15-12-17(13-16-28)22(29)27-21-7-4-14-26-23(21)31-20-5-2-1-3-6-20/h1-11,14,17H,12-13,15-16H2,(H,27,29). The van der Waals surface area contributed by atoms with E-state index in [2.05, 4.69) is 10.3 Å². The maximum Gasteiger partial charge on any atom is 0.253 e. The average Bonchev–Trinajstić information content (AvgIpc) is 2.81. The van der Waals surface area contributed by atoms with Crippen LogP contribution in [0.25, 0.3) is 0 Å². The molecular formula is C24H22FN3O3. The smallest absolute Gasteiger partial charge is 0.253 e. The van der Waals surface area contributed by atoms with E-state index < -0.39 is 0 Å². The molecule has 1 saturated heterocycles. The molecule has 1 aromatic heterocycles. The molecule has 0 unspecified atom stereocenters. The van der Waals surface area contributed by atoms with Crippen LogP contribution in [0.15, 0.2) is 72.9 Å². The number of pyridine rings is 1. The van der Waals surface area contributed by atoms with Gasteiger partial charge in [0.2, 0.25) is 11.8 Å². The quantitative estimate of drug-likeness (QED) is 0.661. The zero-order valence-electron chi connectivity index (χ0n) is 16.8. The fourth-order valence-corrected chi connectivity index (χ4v) is 3.52. The minimum absolute atomic E-state index is 0.125. The number of para-hydroxylation sites is 1. The van der Waals surface area contributed by atoms with E-state index in [9.17, 15) is 14.0 Å². The van der Waals surface area contributed by atoms with E-state index >= 15 is 0 Å². The molecule has 2 aromatic carbocycles. The second-order valence-electron chi connectivity index (χ2n) is 7.33. The summed E-state index contributed by atoms with van der Waals surface area (Å²) in [5.74, 6) is 0.0831. The van der Waals surface area contributed by atoms with Crippen molar-refractivity contribution in [1.82, 2.24) is 9.88 Å². The first-order chi connectivity index (χ1) is 15.1. The number of ether oxygens (including phenoxy) is 1. The van der Waals surface area contributed by atoms with Crippen molar-refractivity contribution in [2.24, 2.45) is 5.92 Å². The molecule has 1 aliphatic heterocycles. The Kier molecular flexibility index (Phi) is 6.21. The molecule has 0 radical (unpaired) electrons. The van der Waals surface area contributed by atoms with Gasteiger partial charge in [0.05, 0.1) is 0 Å². The lowest BCUT2D eigenvalue weighted by atomic mass is 9.95. The number of halogens is 1. The highest BCUT2D eigenvalue weighted by Crippen LogP contribution is 2.28. The van der Waals surface area contributed by atoms with Gasteiger partial charge in [-0.05, 0) is 61.4 Å². The summed E-state index contributed by atoms with van der Waals surface area (Å²) in [7, 11) is 0. The van der Waals surface area contributed by atoms with Crippen molar-refractivity contribution < 1.29 is 18.7 Å². The lowest BCUT2D eigenvalue weighted by Gasteiger charge is -2.31. The third-order valence-electron chi connectivity index (χ3n) is 5.23. The van der Waals surface area contributed by atoms with Crippen LogP contribution < -0.4 is 10.1 Å². The topological polar surface area (TPSA) is 71.5 Å². The molecule has 2 heterocycles. The van der Waals surface area contributed by atoms with E-state index in [0.29, 0.717) is 48.8 Å². The first-order valence-corrected chi connectivity index (χ1v) is 10.1. The van der Waals surface area contributed by atoms with Gasteiger partial charge in [-0.15, -0.1) is 0 Å². The van der Waals surface area contributed by atoms with Gasteiger partial charge in [0.1, 0.15) is 17.3 Å². The van der Waals surface area contributed by atoms with Gasteiger partial charge in [0, 0.05) is 30.8 Å². The van der Waals surface area contributed by atoms with Crippen LogP contribution >= 0.6 is 0 Å². The fraction of sp³-hybridized carbons (Fsp3) is 0.208. The van der Waals surface area contributed by atoms with Gasteiger partial charge in [-0.25, -0.2) is 9.37 Å². The molecule has 0 bridgehead atoms. The molecular weight excluding hydrogens is 397 g/mol. The van der Waals surface area contributed by atoms with Gasteiger partial charge in [0.15, 0.2) is 0 Å². The largest absolute Gasteiger partial charge is 0.437 e. The summed E-state index contributed by atoms with van der Waals surface area (Å²) in [6.45, 7) is 0.934. The number of carbonyl (C=O) groups is 2. The molecule has 0 saturated carbocycles. The summed E-state index contributed by atoms with van der Waals surface area (Å²) in [6.07, 6.45) is 2.70. The van der Waals surface area contributed by atoms with E-state index in [-0.39, 0.29) is 23.5 Å². The summed E-state index contributed by atoms with van der Waals surface area (Å²) in [5.41, 5.74) is 0.948. The average molecular weight is 419 g/mol. The highest BCUT2D eigenvalue weighted by atomic mass is 19.1. The Morgan fingerprint density at radius 2 is 1.68 bits per heavy atom. The third kappa shape index (κ3) is 5.06. The number of likely N-dealkylation sites (tertiary alicyclic amines) is 1. The SMILES string of the molecule is O=C(Nc1cccnc1Oc1ccccc1)C1CCN(C(=O)c2ccc(F)cc2)CC1. The van der Waals surface area contributed by atoms with Crippen molar-refractivity contribution in [3.05, 3.63) is 84.3 Å². The Balaban J connectivity index is 1.35. The van der Waals surface area contributed by atoms with E-state index in [1.165, 1.54) is 24.3 Å². The Labute approximate surface area is 179 Å². The van der Waals surface area contributed by atoms with Gasteiger partial charge in [-0.1, -0.05) is 18.2 Å². The monoisotopic (exact) mass is 419 g/mol. The summed E-state index contributed by atoms with van der Waals surface area (Å²) in [4.78, 5) is 31.3. The fourth-order valence-electron chi connectivity index (χ4n) is 3.52. The van der Waals surface area contributed by atoms with Crippen molar-refractivity contribution >= 4 is 17.5 Å². The van der Waals surface area contributed by atoms with Crippen LogP contribution in [0.3, 0.4) is 0 Å². The molecule has 0 aliphatic carbocycles. The van der Waals surface area contributed by atoms with E-state index in [0.717, 1.165) is 0 Å². The molecule has 158 valence electrons. The lowest BCUT2D eigenvalue weighted by molar-refractivity contribution is -0.121. The number of rotatable bonds is 5. The van der Waals surface area contributed by atoms with Gasteiger partial charge in [-0.2, -0.15) is 0 Å². The molecule has 3 aromatic rings. The Morgan fingerprint density at radius 3 is 2.39 bits per heavy atom. The molecule has 1 aliphatic rings. The van der Waals surface area contributed by atoms with Gasteiger partial charge in [-0.3, -0.25) is 9.59 Å². The maximum absolute atomic E-state index is 13.1. The number of anilines is 1. The molecule has 0 spiro atoms. The summed E-state index contributed by atoms with van der Waals surface area (Å²) >= 11 is 0. The van der Waals surface area contributed by atoms with Crippen LogP contribution in [0, 0.1) is 11.7 Å². The van der Waals surface area contributed by atoms with Crippen LogP contribution in [0.2, 0.25) is 0 Å². The predicted molar refractivity (Wildman–Crippen MR) is 114 cm³/mol. The summed E-state index contributed by atoms with van der Waals surface area (Å²) in [5, 5.41) is 2.91. The van der Waals surface area contributed by atoms with Gasteiger partial charge in [0.25, 0.3) is 5.91 Å². The Bertz CT molecular complexity index is 1050. The number of nitrogens with zero attached hydrogens (tertiary/aromatic N) is 2.